The number of anilines is 3. The van der Waals surface area contributed by atoms with Crippen LogP contribution in [0.25, 0.3) is 0 Å². The number of benzene rings is 1. The molecular weight excluding hydrogens is 264 g/mol. The minimum atomic E-state index is -0.513. The van der Waals surface area contributed by atoms with Crippen molar-refractivity contribution in [2.45, 2.75) is 13.3 Å². The van der Waals surface area contributed by atoms with Crippen molar-refractivity contribution in [1.29, 1.82) is 0 Å². The molecule has 0 bridgehead atoms. The van der Waals surface area contributed by atoms with Gasteiger partial charge in [-0.25, -0.2) is 4.98 Å². The van der Waals surface area contributed by atoms with E-state index in [9.17, 15) is 4.79 Å². The number of hydrogen-bond acceptors (Lipinski definition) is 4. The zero-order chi connectivity index (χ0) is 15.0. The monoisotopic (exact) mass is 282 g/mol. The number of nitrogens with zero attached hydrogens (tertiary/aromatic N) is 2. The van der Waals surface area contributed by atoms with E-state index in [1.807, 2.05) is 18.2 Å². The van der Waals surface area contributed by atoms with Crippen LogP contribution in [-0.4, -0.2) is 17.4 Å². The van der Waals surface area contributed by atoms with E-state index in [0.29, 0.717) is 23.0 Å². The first-order valence-corrected chi connectivity index (χ1v) is 6.97. The van der Waals surface area contributed by atoms with Crippen LogP contribution in [0.3, 0.4) is 0 Å². The number of pyridine rings is 1. The van der Waals surface area contributed by atoms with E-state index in [2.05, 4.69) is 22.9 Å². The Morgan fingerprint density at radius 2 is 2.14 bits per heavy atom. The van der Waals surface area contributed by atoms with Crippen LogP contribution in [0.5, 0.6) is 0 Å². The summed E-state index contributed by atoms with van der Waals surface area (Å²) in [6.07, 6.45) is 2.58. The first-order chi connectivity index (χ1) is 10.1. The van der Waals surface area contributed by atoms with Gasteiger partial charge in [0.1, 0.15) is 5.82 Å². The summed E-state index contributed by atoms with van der Waals surface area (Å²) in [6.45, 7) is 2.98. The average molecular weight is 282 g/mol. The average Bonchev–Trinajstić information content (AvgIpc) is 2.46. The Kier molecular flexibility index (Phi) is 3.25. The van der Waals surface area contributed by atoms with Crippen LogP contribution in [0.1, 0.15) is 22.8 Å². The summed E-state index contributed by atoms with van der Waals surface area (Å²) >= 11 is 0. The van der Waals surface area contributed by atoms with Gasteiger partial charge in [0.05, 0.1) is 17.4 Å². The first-order valence-electron chi connectivity index (χ1n) is 6.97. The van der Waals surface area contributed by atoms with E-state index < -0.39 is 5.91 Å². The number of hydrogen-bond donors (Lipinski definition) is 2. The van der Waals surface area contributed by atoms with Crippen LogP contribution in [0, 0.1) is 5.92 Å². The highest BCUT2D eigenvalue weighted by Gasteiger charge is 2.26. The lowest BCUT2D eigenvalue weighted by Gasteiger charge is -2.34. The second-order valence-corrected chi connectivity index (χ2v) is 5.55. The molecule has 1 aliphatic rings. The molecule has 21 heavy (non-hydrogen) atoms. The number of amides is 1. The van der Waals surface area contributed by atoms with E-state index in [4.69, 9.17) is 11.5 Å². The van der Waals surface area contributed by atoms with Gasteiger partial charge in [0.25, 0.3) is 5.91 Å². The predicted octanol–water partition coefficient (Wildman–Crippen LogP) is 2.09. The summed E-state index contributed by atoms with van der Waals surface area (Å²) in [4.78, 5) is 18.1. The number of aromatic nitrogens is 1. The largest absolute Gasteiger partial charge is 0.397 e. The van der Waals surface area contributed by atoms with Crippen molar-refractivity contribution in [1.82, 2.24) is 4.98 Å². The third-order valence-electron chi connectivity index (χ3n) is 3.75. The standard InChI is InChI=1S/C16H18N4O/c1-10-6-11-4-2-3-5-14(11)20(9-10)16-13(15(18)21)7-12(17)8-19-16/h2-5,7-8,10H,6,9,17H2,1H3,(H2,18,21). The molecule has 1 aromatic carbocycles. The lowest BCUT2D eigenvalue weighted by atomic mass is 9.93. The SMILES string of the molecule is CC1Cc2ccccc2N(c2ncc(N)cc2C(N)=O)C1. The lowest BCUT2D eigenvalue weighted by molar-refractivity contribution is 0.100. The summed E-state index contributed by atoms with van der Waals surface area (Å²) in [6, 6.07) is 9.76. The van der Waals surface area contributed by atoms with Gasteiger partial charge in [-0.2, -0.15) is 0 Å². The topological polar surface area (TPSA) is 85.2 Å². The van der Waals surface area contributed by atoms with Crippen LogP contribution in [0.2, 0.25) is 0 Å². The van der Waals surface area contributed by atoms with E-state index in [1.165, 1.54) is 5.56 Å². The molecule has 1 atom stereocenters. The van der Waals surface area contributed by atoms with Gasteiger partial charge in [-0.1, -0.05) is 25.1 Å². The third-order valence-corrected chi connectivity index (χ3v) is 3.75. The summed E-state index contributed by atoms with van der Waals surface area (Å²) in [5.41, 5.74) is 14.3. The fourth-order valence-electron chi connectivity index (χ4n) is 2.87. The maximum atomic E-state index is 11.7. The second-order valence-electron chi connectivity index (χ2n) is 5.55. The fraction of sp³-hybridized carbons (Fsp3) is 0.250. The predicted molar refractivity (Wildman–Crippen MR) is 83.5 cm³/mol. The molecule has 1 unspecified atom stereocenters. The van der Waals surface area contributed by atoms with Crippen molar-refractivity contribution >= 4 is 23.1 Å². The Hall–Kier alpha value is -2.56. The van der Waals surface area contributed by atoms with E-state index in [1.54, 1.807) is 12.3 Å². The van der Waals surface area contributed by atoms with Gasteiger partial charge in [0.2, 0.25) is 0 Å². The number of carbonyl (C=O) groups is 1. The van der Waals surface area contributed by atoms with Crippen molar-refractivity contribution in [3.8, 4) is 0 Å². The Bertz CT molecular complexity index is 698. The Morgan fingerprint density at radius 3 is 2.90 bits per heavy atom. The number of carbonyl (C=O) groups excluding carboxylic acids is 1. The first kappa shape index (κ1) is 13.4. The molecule has 1 aromatic heterocycles. The van der Waals surface area contributed by atoms with Crippen LogP contribution in [0.15, 0.2) is 36.5 Å². The highest BCUT2D eigenvalue weighted by Crippen LogP contribution is 2.36. The lowest BCUT2D eigenvalue weighted by Crippen LogP contribution is -2.32. The number of para-hydroxylation sites is 1. The highest BCUT2D eigenvalue weighted by molar-refractivity contribution is 5.99. The quantitative estimate of drug-likeness (QED) is 0.883. The van der Waals surface area contributed by atoms with Crippen molar-refractivity contribution in [2.24, 2.45) is 11.7 Å². The van der Waals surface area contributed by atoms with Gasteiger partial charge in [-0.15, -0.1) is 0 Å². The van der Waals surface area contributed by atoms with E-state index >= 15 is 0 Å². The molecule has 4 N–H and O–H groups in total. The summed E-state index contributed by atoms with van der Waals surface area (Å²) in [7, 11) is 0. The maximum absolute atomic E-state index is 11.7. The van der Waals surface area contributed by atoms with Crippen molar-refractivity contribution in [2.75, 3.05) is 17.2 Å². The Morgan fingerprint density at radius 1 is 1.38 bits per heavy atom. The second kappa shape index (κ2) is 5.09. The molecule has 2 aromatic rings. The molecule has 5 nitrogen and oxygen atoms in total. The van der Waals surface area contributed by atoms with E-state index in [-0.39, 0.29) is 0 Å². The molecule has 0 aliphatic carbocycles. The van der Waals surface area contributed by atoms with Gasteiger partial charge in [-0.3, -0.25) is 4.79 Å². The molecule has 0 saturated heterocycles. The smallest absolute Gasteiger partial charge is 0.252 e. The fourth-order valence-corrected chi connectivity index (χ4v) is 2.87. The molecule has 0 radical (unpaired) electrons. The van der Waals surface area contributed by atoms with Crippen LogP contribution < -0.4 is 16.4 Å². The van der Waals surface area contributed by atoms with Gasteiger partial charge in [0.15, 0.2) is 0 Å². The summed E-state index contributed by atoms with van der Waals surface area (Å²) < 4.78 is 0. The molecule has 3 rings (SSSR count). The van der Waals surface area contributed by atoms with Crippen molar-refractivity contribution < 1.29 is 4.79 Å². The molecule has 1 aliphatic heterocycles. The highest BCUT2D eigenvalue weighted by atomic mass is 16.1. The number of fused-ring (bicyclic) bond motifs is 1. The molecule has 0 saturated carbocycles. The summed E-state index contributed by atoms with van der Waals surface area (Å²) in [5.74, 6) is 0.538. The zero-order valence-electron chi connectivity index (χ0n) is 11.9. The van der Waals surface area contributed by atoms with E-state index in [0.717, 1.165) is 18.7 Å². The van der Waals surface area contributed by atoms with Gasteiger partial charge in [0, 0.05) is 12.2 Å². The normalized spacial score (nSPS) is 17.4. The van der Waals surface area contributed by atoms with Crippen molar-refractivity contribution in [3.63, 3.8) is 0 Å². The maximum Gasteiger partial charge on any atom is 0.252 e. The molecule has 1 amide bonds. The minimum absolute atomic E-state index is 0.360. The zero-order valence-corrected chi connectivity index (χ0v) is 11.9. The van der Waals surface area contributed by atoms with Gasteiger partial charge >= 0.3 is 0 Å². The third kappa shape index (κ3) is 2.42. The molecule has 2 heterocycles. The molecular formula is C16H18N4O. The van der Waals surface area contributed by atoms with Gasteiger partial charge < -0.3 is 16.4 Å². The Labute approximate surface area is 123 Å². The minimum Gasteiger partial charge on any atom is -0.397 e. The number of primary amides is 1. The summed E-state index contributed by atoms with van der Waals surface area (Å²) in [5, 5.41) is 0. The number of nitrogen functional groups attached to an aromatic ring is 1. The number of rotatable bonds is 2. The molecule has 0 fully saturated rings. The van der Waals surface area contributed by atoms with Crippen LogP contribution in [0.4, 0.5) is 17.2 Å². The number of nitrogens with two attached hydrogens (primary N) is 2. The van der Waals surface area contributed by atoms with Crippen molar-refractivity contribution in [3.05, 3.63) is 47.7 Å². The van der Waals surface area contributed by atoms with Gasteiger partial charge in [-0.05, 0) is 30.0 Å². The van der Waals surface area contributed by atoms with Crippen LogP contribution in [-0.2, 0) is 6.42 Å². The Balaban J connectivity index is 2.15. The molecule has 0 spiro atoms. The molecule has 108 valence electrons. The molecule has 5 heteroatoms. The van der Waals surface area contributed by atoms with Crippen LogP contribution >= 0.6 is 0 Å².